The van der Waals surface area contributed by atoms with E-state index in [1.807, 2.05) is 12.4 Å². The molecule has 2 aliphatic heterocycles. The van der Waals surface area contributed by atoms with Gasteiger partial charge in [-0.2, -0.15) is 0 Å². The van der Waals surface area contributed by atoms with Gasteiger partial charge >= 0.3 is 0 Å². The van der Waals surface area contributed by atoms with Crippen molar-refractivity contribution in [1.82, 2.24) is 30.6 Å². The summed E-state index contributed by atoms with van der Waals surface area (Å²) in [7, 11) is 0. The van der Waals surface area contributed by atoms with Crippen molar-refractivity contribution in [3.8, 4) is 11.3 Å². The van der Waals surface area contributed by atoms with Crippen molar-refractivity contribution in [1.29, 1.82) is 0 Å². The number of rotatable bonds is 6. The Labute approximate surface area is 171 Å². The maximum absolute atomic E-state index is 4.57. The van der Waals surface area contributed by atoms with E-state index in [4.69, 9.17) is 0 Å². The van der Waals surface area contributed by atoms with Crippen LogP contribution >= 0.6 is 0 Å². The first-order valence-electron chi connectivity index (χ1n) is 10.5. The Balaban J connectivity index is 0.00000128. The number of nitrogens with one attached hydrogen (secondary N) is 4. The van der Waals surface area contributed by atoms with Crippen LogP contribution in [-0.4, -0.2) is 33.0 Å². The Morgan fingerprint density at radius 3 is 2.18 bits per heavy atom. The normalized spacial score (nSPS) is 22.1. The van der Waals surface area contributed by atoms with Crippen molar-refractivity contribution in [3.05, 3.63) is 59.6 Å². The molecule has 2 saturated heterocycles. The topological polar surface area (TPSA) is 81.4 Å². The molecule has 154 valence electrons. The predicted molar refractivity (Wildman–Crippen MR) is 118 cm³/mol. The van der Waals surface area contributed by atoms with Gasteiger partial charge in [-0.1, -0.05) is 24.3 Å². The average Bonchev–Trinajstić information content (AvgIpc) is 3.53. The molecular weight excluding hydrogens is 348 g/mol. The molecule has 0 radical (unpaired) electrons. The molecule has 2 atom stereocenters. The van der Waals surface area contributed by atoms with E-state index in [0.717, 1.165) is 49.7 Å². The van der Waals surface area contributed by atoms with E-state index < -0.39 is 0 Å². The molecule has 2 aromatic heterocycles. The molecular formula is C22H36N6. The minimum absolute atomic E-state index is 0. The quantitative estimate of drug-likeness (QED) is 0.507. The highest BCUT2D eigenvalue weighted by Crippen LogP contribution is 2.25. The summed E-state index contributed by atoms with van der Waals surface area (Å²) in [5.74, 6) is 2.15. The Morgan fingerprint density at radius 1 is 0.821 bits per heavy atom. The lowest BCUT2D eigenvalue weighted by atomic mass is 10.1. The van der Waals surface area contributed by atoms with Crippen molar-refractivity contribution in [2.24, 2.45) is 0 Å². The predicted octanol–water partition coefficient (Wildman–Crippen LogP) is 4.42. The molecule has 4 heterocycles. The fraction of sp³-hybridized carbons (Fsp3) is 0.455. The maximum atomic E-state index is 4.57. The van der Waals surface area contributed by atoms with E-state index in [1.54, 1.807) is 0 Å². The molecule has 6 nitrogen and oxygen atoms in total. The standard InChI is InChI=1S/C22H28N6.4H2/c1-3-18(23-11-1)21-25-13-17(27-21)10-7-15-5-8-16(9-6-15)20-14-26-22(28-20)19-4-2-12-24-19;;;;/h5-6,8-9,13-14,18-19,23-24H,1-4,7,10-12H2,(H,25,27)(H,26,28);4*1H/t18-,19-;;;;/m0..../s1. The van der Waals surface area contributed by atoms with Crippen molar-refractivity contribution < 1.29 is 5.71 Å². The summed E-state index contributed by atoms with van der Waals surface area (Å²) in [6.45, 7) is 2.19. The van der Waals surface area contributed by atoms with Crippen LogP contribution in [-0.2, 0) is 12.8 Å². The number of aromatic amines is 2. The van der Waals surface area contributed by atoms with Gasteiger partial charge in [0.2, 0.25) is 0 Å². The largest absolute Gasteiger partial charge is 0.345 e. The summed E-state index contributed by atoms with van der Waals surface area (Å²) in [6, 6.07) is 9.61. The van der Waals surface area contributed by atoms with Gasteiger partial charge in [-0.3, -0.25) is 0 Å². The van der Waals surface area contributed by atoms with E-state index in [1.165, 1.54) is 36.1 Å². The van der Waals surface area contributed by atoms with Gasteiger partial charge in [0, 0.05) is 17.6 Å². The van der Waals surface area contributed by atoms with Crippen molar-refractivity contribution in [2.45, 2.75) is 50.6 Å². The summed E-state index contributed by atoms with van der Waals surface area (Å²) >= 11 is 0. The minimum atomic E-state index is 0. The SMILES string of the molecule is [HH].[HH].[HH].[HH].c1cc(-c2cnc([C@@H]3CCCN3)[nH]2)ccc1CCc1cnc([C@@H]2CCCN2)[nH]1. The summed E-state index contributed by atoms with van der Waals surface area (Å²) in [4.78, 5) is 16.1. The zero-order chi connectivity index (χ0) is 18.8. The van der Waals surface area contributed by atoms with E-state index >= 15 is 0 Å². The van der Waals surface area contributed by atoms with E-state index in [-0.39, 0.29) is 5.71 Å². The Bertz CT molecular complexity index is 915. The monoisotopic (exact) mass is 384 g/mol. The highest BCUT2D eigenvalue weighted by Gasteiger charge is 2.20. The smallest absolute Gasteiger partial charge is 0.123 e. The van der Waals surface area contributed by atoms with Crippen LogP contribution in [0.25, 0.3) is 11.3 Å². The molecule has 0 amide bonds. The molecule has 2 aliphatic rings. The lowest BCUT2D eigenvalue weighted by molar-refractivity contribution is 0.611. The van der Waals surface area contributed by atoms with Crippen LogP contribution in [0.3, 0.4) is 0 Å². The van der Waals surface area contributed by atoms with Gasteiger partial charge in [-0.15, -0.1) is 0 Å². The average molecular weight is 385 g/mol. The number of aryl methyl sites for hydroxylation is 2. The third-order valence-electron chi connectivity index (χ3n) is 5.97. The molecule has 2 fully saturated rings. The van der Waals surface area contributed by atoms with Crippen LogP contribution in [0.5, 0.6) is 0 Å². The lowest BCUT2D eigenvalue weighted by Gasteiger charge is -2.06. The number of hydrogen-bond donors (Lipinski definition) is 4. The molecule has 28 heavy (non-hydrogen) atoms. The molecule has 4 N–H and O–H groups in total. The summed E-state index contributed by atoms with van der Waals surface area (Å²) in [5.41, 5.74) is 4.85. The second-order valence-corrected chi connectivity index (χ2v) is 7.97. The molecule has 1 aromatic carbocycles. The van der Waals surface area contributed by atoms with E-state index in [9.17, 15) is 0 Å². The van der Waals surface area contributed by atoms with Crippen LogP contribution in [0.2, 0.25) is 0 Å². The van der Waals surface area contributed by atoms with Gasteiger partial charge in [0.1, 0.15) is 11.6 Å². The third kappa shape index (κ3) is 3.75. The number of H-pyrrole nitrogens is 2. The zero-order valence-corrected chi connectivity index (χ0v) is 16.2. The van der Waals surface area contributed by atoms with Crippen LogP contribution in [0.15, 0.2) is 36.7 Å². The summed E-state index contributed by atoms with van der Waals surface area (Å²) < 4.78 is 0. The fourth-order valence-electron chi connectivity index (χ4n) is 4.31. The van der Waals surface area contributed by atoms with Gasteiger partial charge < -0.3 is 20.6 Å². The Hall–Kier alpha value is -2.44. The van der Waals surface area contributed by atoms with Crippen LogP contribution in [0.1, 0.15) is 66.4 Å². The molecule has 0 saturated carbocycles. The molecule has 0 aliphatic carbocycles. The van der Waals surface area contributed by atoms with E-state index in [0.29, 0.717) is 12.1 Å². The van der Waals surface area contributed by atoms with Gasteiger partial charge in [0.15, 0.2) is 0 Å². The molecule has 3 aromatic rings. The van der Waals surface area contributed by atoms with E-state index in [2.05, 4.69) is 54.8 Å². The lowest BCUT2D eigenvalue weighted by Crippen LogP contribution is -2.14. The van der Waals surface area contributed by atoms with Crippen LogP contribution < -0.4 is 10.6 Å². The molecule has 6 heteroatoms. The Kier molecular flexibility index (Phi) is 4.97. The molecule has 0 unspecified atom stereocenters. The zero-order valence-electron chi connectivity index (χ0n) is 16.2. The molecule has 0 bridgehead atoms. The first-order valence-corrected chi connectivity index (χ1v) is 10.5. The van der Waals surface area contributed by atoms with Crippen molar-refractivity contribution in [3.63, 3.8) is 0 Å². The Morgan fingerprint density at radius 2 is 1.50 bits per heavy atom. The van der Waals surface area contributed by atoms with Crippen molar-refractivity contribution in [2.75, 3.05) is 13.1 Å². The van der Waals surface area contributed by atoms with Crippen LogP contribution in [0, 0.1) is 0 Å². The number of nitrogens with zero attached hydrogens (tertiary/aromatic N) is 2. The number of hydrogen-bond acceptors (Lipinski definition) is 4. The fourth-order valence-corrected chi connectivity index (χ4v) is 4.31. The van der Waals surface area contributed by atoms with Crippen molar-refractivity contribution >= 4 is 0 Å². The molecule has 5 rings (SSSR count). The number of benzene rings is 1. The number of imidazole rings is 2. The first-order chi connectivity index (χ1) is 13.8. The minimum Gasteiger partial charge on any atom is -0.345 e. The highest BCUT2D eigenvalue weighted by atomic mass is 15.0. The first kappa shape index (κ1) is 17.6. The van der Waals surface area contributed by atoms with Gasteiger partial charge in [-0.05, 0) is 62.7 Å². The second-order valence-electron chi connectivity index (χ2n) is 7.97. The van der Waals surface area contributed by atoms with Crippen LogP contribution in [0.4, 0.5) is 0 Å². The summed E-state index contributed by atoms with van der Waals surface area (Å²) in [5, 5.41) is 6.99. The number of aromatic nitrogens is 4. The third-order valence-corrected chi connectivity index (χ3v) is 5.97. The second kappa shape index (κ2) is 7.89. The van der Waals surface area contributed by atoms with Gasteiger partial charge in [0.05, 0.1) is 24.0 Å². The van der Waals surface area contributed by atoms with Gasteiger partial charge in [0.25, 0.3) is 0 Å². The highest BCUT2D eigenvalue weighted by molar-refractivity contribution is 5.59. The van der Waals surface area contributed by atoms with Gasteiger partial charge in [-0.25, -0.2) is 9.97 Å². The summed E-state index contributed by atoms with van der Waals surface area (Å²) in [6.07, 6.45) is 10.8. The molecule has 0 spiro atoms. The maximum Gasteiger partial charge on any atom is 0.123 e.